The molecule has 3 aromatic carbocycles. The minimum absolute atomic E-state index is 0.0147. The number of likely N-dealkylation sites (N-methyl/N-ethyl adjacent to an activating group) is 1. The van der Waals surface area contributed by atoms with Gasteiger partial charge in [0, 0.05) is 23.6 Å². The molecular weight excluding hydrogens is 521 g/mol. The van der Waals surface area contributed by atoms with Crippen molar-refractivity contribution in [3.05, 3.63) is 94.0 Å². The minimum atomic E-state index is -4.15. The Balaban J connectivity index is 2.08. The lowest BCUT2D eigenvalue weighted by Crippen LogP contribution is -2.50. The quantitative estimate of drug-likeness (QED) is 0.422. The van der Waals surface area contributed by atoms with Crippen LogP contribution in [0.15, 0.2) is 77.7 Å². The van der Waals surface area contributed by atoms with Crippen LogP contribution in [0.3, 0.4) is 0 Å². The van der Waals surface area contributed by atoms with Crippen LogP contribution in [0, 0.1) is 6.92 Å². The fourth-order valence-corrected chi connectivity index (χ4v) is 5.56. The van der Waals surface area contributed by atoms with E-state index in [9.17, 15) is 18.0 Å². The number of rotatable bonds is 9. The Morgan fingerprint density at radius 1 is 0.917 bits per heavy atom. The fourth-order valence-electron chi connectivity index (χ4n) is 3.70. The molecule has 1 atom stereocenters. The Labute approximate surface area is 221 Å². The summed E-state index contributed by atoms with van der Waals surface area (Å²) in [6, 6.07) is 18.8. The highest BCUT2D eigenvalue weighted by Crippen LogP contribution is 2.31. The third-order valence-corrected chi connectivity index (χ3v) is 8.38. The number of hydrogen-bond acceptors (Lipinski definition) is 4. The number of carbonyl (C=O) groups is 2. The molecule has 0 bridgehead atoms. The van der Waals surface area contributed by atoms with E-state index in [1.165, 1.54) is 24.1 Å². The number of carbonyl (C=O) groups excluding carboxylic acids is 2. The lowest BCUT2D eigenvalue weighted by atomic mass is 10.1. The second-order valence-electron chi connectivity index (χ2n) is 8.11. The first-order valence-electron chi connectivity index (χ1n) is 11.1. The van der Waals surface area contributed by atoms with Gasteiger partial charge in [0.1, 0.15) is 12.6 Å². The van der Waals surface area contributed by atoms with Gasteiger partial charge in [0.25, 0.3) is 10.0 Å². The molecule has 0 saturated heterocycles. The summed E-state index contributed by atoms with van der Waals surface area (Å²) in [5, 5.41) is 3.33. The van der Waals surface area contributed by atoms with Gasteiger partial charge < -0.3 is 10.2 Å². The summed E-state index contributed by atoms with van der Waals surface area (Å²) < 4.78 is 28.5. The van der Waals surface area contributed by atoms with E-state index in [0.717, 1.165) is 4.31 Å². The Kier molecular flexibility index (Phi) is 9.00. The van der Waals surface area contributed by atoms with Gasteiger partial charge in [0.05, 0.1) is 10.6 Å². The molecule has 190 valence electrons. The highest BCUT2D eigenvalue weighted by molar-refractivity contribution is 7.92. The minimum Gasteiger partial charge on any atom is -0.357 e. The molecule has 1 N–H and O–H groups in total. The number of hydrogen-bond donors (Lipinski definition) is 1. The Morgan fingerprint density at radius 3 is 2.17 bits per heavy atom. The first-order chi connectivity index (χ1) is 17.1. The highest BCUT2D eigenvalue weighted by atomic mass is 35.5. The van der Waals surface area contributed by atoms with Crippen molar-refractivity contribution < 1.29 is 18.0 Å². The standard InChI is InChI=1S/C26H27Cl2N3O4S/c1-18-22(27)14-9-15-24(18)31(36(34,35)21-11-5-4-6-12-21)17-25(32)30(19(2)26(33)29-3)16-20-10-7-8-13-23(20)28/h4-15,19H,16-17H2,1-3H3,(H,29,33). The Bertz CT molecular complexity index is 1350. The van der Waals surface area contributed by atoms with Crippen LogP contribution in [0.4, 0.5) is 5.69 Å². The third-order valence-electron chi connectivity index (χ3n) is 5.83. The van der Waals surface area contributed by atoms with Crippen LogP contribution in [-0.4, -0.2) is 44.8 Å². The predicted molar refractivity (Wildman–Crippen MR) is 143 cm³/mol. The molecule has 0 radical (unpaired) electrons. The summed E-state index contributed by atoms with van der Waals surface area (Å²) in [5.41, 5.74) is 1.40. The van der Waals surface area contributed by atoms with Crippen molar-refractivity contribution in [2.75, 3.05) is 17.9 Å². The van der Waals surface area contributed by atoms with Gasteiger partial charge in [-0.15, -0.1) is 0 Å². The Morgan fingerprint density at radius 2 is 1.53 bits per heavy atom. The van der Waals surface area contributed by atoms with E-state index >= 15 is 0 Å². The van der Waals surface area contributed by atoms with Crippen LogP contribution in [0.5, 0.6) is 0 Å². The first-order valence-corrected chi connectivity index (χ1v) is 13.3. The van der Waals surface area contributed by atoms with Crippen molar-refractivity contribution >= 4 is 50.7 Å². The molecule has 0 aromatic heterocycles. The van der Waals surface area contributed by atoms with E-state index in [0.29, 0.717) is 21.2 Å². The number of benzene rings is 3. The van der Waals surface area contributed by atoms with Crippen molar-refractivity contribution in [1.82, 2.24) is 10.2 Å². The first kappa shape index (κ1) is 27.5. The zero-order valence-electron chi connectivity index (χ0n) is 20.1. The molecule has 0 aliphatic carbocycles. The predicted octanol–water partition coefficient (Wildman–Crippen LogP) is 4.66. The maximum absolute atomic E-state index is 13.7. The van der Waals surface area contributed by atoms with Crippen LogP contribution >= 0.6 is 23.2 Å². The van der Waals surface area contributed by atoms with Crippen LogP contribution in [-0.2, 0) is 26.2 Å². The third kappa shape index (κ3) is 6.00. The molecular formula is C26H27Cl2N3O4S. The number of amides is 2. The van der Waals surface area contributed by atoms with Gasteiger partial charge in [-0.2, -0.15) is 0 Å². The second kappa shape index (κ2) is 11.8. The van der Waals surface area contributed by atoms with E-state index in [-0.39, 0.29) is 17.1 Å². The average Bonchev–Trinajstić information content (AvgIpc) is 2.88. The lowest BCUT2D eigenvalue weighted by molar-refractivity contribution is -0.139. The summed E-state index contributed by atoms with van der Waals surface area (Å²) >= 11 is 12.6. The normalized spacial score (nSPS) is 12.0. The van der Waals surface area contributed by atoms with Gasteiger partial charge in [-0.3, -0.25) is 13.9 Å². The molecule has 0 spiro atoms. The van der Waals surface area contributed by atoms with E-state index in [1.54, 1.807) is 74.5 Å². The number of sulfonamides is 1. The molecule has 2 amide bonds. The van der Waals surface area contributed by atoms with Crippen LogP contribution in [0.25, 0.3) is 0 Å². The zero-order valence-corrected chi connectivity index (χ0v) is 22.4. The van der Waals surface area contributed by atoms with Crippen LogP contribution in [0.2, 0.25) is 10.0 Å². The lowest BCUT2D eigenvalue weighted by Gasteiger charge is -2.32. The molecule has 1 unspecified atom stereocenters. The van der Waals surface area contributed by atoms with Gasteiger partial charge in [-0.1, -0.05) is 65.7 Å². The summed E-state index contributed by atoms with van der Waals surface area (Å²) in [4.78, 5) is 27.6. The number of nitrogens with zero attached hydrogens (tertiary/aromatic N) is 2. The van der Waals surface area contributed by atoms with E-state index < -0.39 is 34.4 Å². The molecule has 0 heterocycles. The number of anilines is 1. The van der Waals surface area contributed by atoms with Crippen molar-refractivity contribution in [3.8, 4) is 0 Å². The topological polar surface area (TPSA) is 86.8 Å². The van der Waals surface area contributed by atoms with Crippen LogP contribution < -0.4 is 9.62 Å². The molecule has 0 aliphatic heterocycles. The summed E-state index contributed by atoms with van der Waals surface area (Å²) in [5.74, 6) is -0.975. The SMILES string of the molecule is CNC(=O)C(C)N(Cc1ccccc1Cl)C(=O)CN(c1cccc(Cl)c1C)S(=O)(=O)c1ccccc1. The van der Waals surface area contributed by atoms with E-state index in [1.807, 2.05) is 0 Å². The van der Waals surface area contributed by atoms with Gasteiger partial charge in [-0.25, -0.2) is 8.42 Å². The average molecular weight is 548 g/mol. The van der Waals surface area contributed by atoms with Gasteiger partial charge >= 0.3 is 0 Å². The Hall–Kier alpha value is -3.07. The smallest absolute Gasteiger partial charge is 0.264 e. The molecule has 7 nitrogen and oxygen atoms in total. The maximum atomic E-state index is 13.7. The van der Waals surface area contributed by atoms with Gasteiger partial charge in [-0.05, 0) is 55.3 Å². The molecule has 3 aromatic rings. The molecule has 10 heteroatoms. The fraction of sp³-hybridized carbons (Fsp3) is 0.231. The summed E-state index contributed by atoms with van der Waals surface area (Å²) in [6.07, 6.45) is 0. The van der Waals surface area contributed by atoms with Gasteiger partial charge in [0.15, 0.2) is 0 Å². The van der Waals surface area contributed by atoms with Crippen molar-refractivity contribution in [3.63, 3.8) is 0 Å². The second-order valence-corrected chi connectivity index (χ2v) is 10.8. The summed E-state index contributed by atoms with van der Waals surface area (Å²) in [7, 11) is -2.68. The molecule has 0 saturated carbocycles. The molecule has 0 fully saturated rings. The van der Waals surface area contributed by atoms with Crippen LogP contribution in [0.1, 0.15) is 18.1 Å². The number of halogens is 2. The number of nitrogens with one attached hydrogen (secondary N) is 1. The zero-order chi connectivity index (χ0) is 26.5. The van der Waals surface area contributed by atoms with Gasteiger partial charge in [0.2, 0.25) is 11.8 Å². The monoisotopic (exact) mass is 547 g/mol. The highest BCUT2D eigenvalue weighted by Gasteiger charge is 2.33. The van der Waals surface area contributed by atoms with Crippen molar-refractivity contribution in [2.24, 2.45) is 0 Å². The van der Waals surface area contributed by atoms with Crippen molar-refractivity contribution in [2.45, 2.75) is 31.3 Å². The molecule has 0 aliphatic rings. The van der Waals surface area contributed by atoms with E-state index in [4.69, 9.17) is 23.2 Å². The maximum Gasteiger partial charge on any atom is 0.264 e. The molecule has 3 rings (SSSR count). The van der Waals surface area contributed by atoms with Crippen molar-refractivity contribution in [1.29, 1.82) is 0 Å². The van der Waals surface area contributed by atoms with E-state index in [2.05, 4.69) is 5.32 Å². The largest absolute Gasteiger partial charge is 0.357 e. The summed E-state index contributed by atoms with van der Waals surface area (Å²) in [6.45, 7) is 2.73. The molecule has 36 heavy (non-hydrogen) atoms.